The van der Waals surface area contributed by atoms with E-state index in [9.17, 15) is 0 Å². The lowest BCUT2D eigenvalue weighted by molar-refractivity contribution is 1.60. The molecule has 0 aliphatic heterocycles. The molecule has 3 aromatic rings. The van der Waals surface area contributed by atoms with Crippen LogP contribution in [0.15, 0.2) is 78.9 Å². The molecule has 3 rings (SSSR count). The van der Waals surface area contributed by atoms with Gasteiger partial charge in [-0.3, -0.25) is 0 Å². The molecule has 0 bridgehead atoms. The molecule has 0 saturated heterocycles. The van der Waals surface area contributed by atoms with Gasteiger partial charge >= 0.3 is 0 Å². The second-order valence-corrected chi connectivity index (χ2v) is 4.57. The van der Waals surface area contributed by atoms with Crippen molar-refractivity contribution in [3.63, 3.8) is 0 Å². The van der Waals surface area contributed by atoms with Crippen LogP contribution in [0.1, 0.15) is 0 Å². The van der Waals surface area contributed by atoms with Gasteiger partial charge in [-0.2, -0.15) is 0 Å². The molecule has 0 heterocycles. The maximum atomic E-state index is 5.70. The van der Waals surface area contributed by atoms with Crippen molar-refractivity contribution in [2.45, 2.75) is 0 Å². The molecule has 0 N–H and O–H groups in total. The summed E-state index contributed by atoms with van der Waals surface area (Å²) in [6.07, 6.45) is 0. The van der Waals surface area contributed by atoms with Crippen LogP contribution in [0, 0.1) is 0 Å². The third-order valence-electron chi connectivity index (χ3n) is 3.24. The van der Waals surface area contributed by atoms with Crippen LogP contribution in [0.5, 0.6) is 0 Å². The first-order chi connectivity index (χ1) is 9.33. The van der Waals surface area contributed by atoms with E-state index in [2.05, 4.69) is 48.5 Å². The van der Waals surface area contributed by atoms with E-state index >= 15 is 0 Å². The summed E-state index contributed by atoms with van der Waals surface area (Å²) in [5.74, 6) is 0. The molecule has 0 unspecified atom stereocenters. The van der Waals surface area contributed by atoms with Crippen LogP contribution >= 0.6 is 0 Å². The van der Waals surface area contributed by atoms with Crippen molar-refractivity contribution in [1.29, 1.82) is 0 Å². The van der Waals surface area contributed by atoms with Crippen LogP contribution in [0.3, 0.4) is 0 Å². The van der Waals surface area contributed by atoms with Crippen LogP contribution in [-0.4, -0.2) is 7.85 Å². The van der Waals surface area contributed by atoms with E-state index in [1.54, 1.807) is 0 Å². The van der Waals surface area contributed by atoms with Crippen LogP contribution in [-0.2, 0) is 0 Å². The highest BCUT2D eigenvalue weighted by atomic mass is 14.0. The quantitative estimate of drug-likeness (QED) is 0.597. The molecule has 0 atom stereocenters. The van der Waals surface area contributed by atoms with Crippen molar-refractivity contribution >= 4 is 13.3 Å². The predicted octanol–water partition coefficient (Wildman–Crippen LogP) is 3.81. The minimum atomic E-state index is 0.796. The molecule has 0 spiro atoms. The van der Waals surface area contributed by atoms with E-state index in [1.807, 2.05) is 30.3 Å². The summed E-state index contributed by atoms with van der Waals surface area (Å²) in [6.45, 7) is 0. The van der Waals surface area contributed by atoms with Crippen molar-refractivity contribution in [3.8, 4) is 22.3 Å². The lowest BCUT2D eigenvalue weighted by Gasteiger charge is -2.05. The van der Waals surface area contributed by atoms with Crippen LogP contribution in [0.25, 0.3) is 22.3 Å². The number of hydrogen-bond donors (Lipinski definition) is 0. The second-order valence-electron chi connectivity index (χ2n) is 4.57. The first kappa shape index (κ1) is 11.8. The molecule has 0 amide bonds. The summed E-state index contributed by atoms with van der Waals surface area (Å²) in [4.78, 5) is 0. The first-order valence-electron chi connectivity index (χ1n) is 6.34. The fourth-order valence-corrected chi connectivity index (χ4v) is 2.16. The Labute approximate surface area is 115 Å². The minimum Gasteiger partial charge on any atom is -0.0966 e. The zero-order chi connectivity index (χ0) is 13.1. The molecule has 88 valence electrons. The summed E-state index contributed by atoms with van der Waals surface area (Å²) in [7, 11) is 5.70. The van der Waals surface area contributed by atoms with Gasteiger partial charge in [0.2, 0.25) is 0 Å². The molecular formula is C18H13B. The van der Waals surface area contributed by atoms with Crippen molar-refractivity contribution in [1.82, 2.24) is 0 Å². The smallest absolute Gasteiger partial charge is 0.0966 e. The Bertz CT molecular complexity index is 652. The van der Waals surface area contributed by atoms with Crippen LogP contribution < -0.4 is 5.46 Å². The molecule has 0 fully saturated rings. The van der Waals surface area contributed by atoms with Gasteiger partial charge in [-0.1, -0.05) is 84.3 Å². The van der Waals surface area contributed by atoms with Gasteiger partial charge in [-0.15, -0.1) is 0 Å². The third-order valence-corrected chi connectivity index (χ3v) is 3.24. The van der Waals surface area contributed by atoms with E-state index in [-0.39, 0.29) is 0 Å². The summed E-state index contributed by atoms with van der Waals surface area (Å²) < 4.78 is 0. The summed E-state index contributed by atoms with van der Waals surface area (Å²) in [6, 6.07) is 27.0. The van der Waals surface area contributed by atoms with E-state index in [1.165, 1.54) is 22.3 Å². The van der Waals surface area contributed by atoms with E-state index < -0.39 is 0 Å². The van der Waals surface area contributed by atoms with Crippen molar-refractivity contribution < 1.29 is 0 Å². The molecule has 1 heteroatoms. The normalized spacial score (nSPS) is 10.3. The molecule has 3 aromatic carbocycles. The maximum absolute atomic E-state index is 5.70. The Hall–Kier alpha value is -2.28. The van der Waals surface area contributed by atoms with Crippen LogP contribution in [0.4, 0.5) is 0 Å². The van der Waals surface area contributed by atoms with Crippen molar-refractivity contribution in [2.75, 3.05) is 0 Å². The number of rotatable bonds is 2. The molecule has 0 nitrogen and oxygen atoms in total. The molecule has 0 aromatic heterocycles. The first-order valence-corrected chi connectivity index (χ1v) is 6.34. The largest absolute Gasteiger partial charge is 0.113 e. The number of benzene rings is 3. The highest BCUT2D eigenvalue weighted by molar-refractivity contribution is 6.32. The van der Waals surface area contributed by atoms with Crippen molar-refractivity contribution in [3.05, 3.63) is 78.9 Å². The Morgan fingerprint density at radius 1 is 0.421 bits per heavy atom. The average Bonchev–Trinajstić information content (AvgIpc) is 2.49. The second kappa shape index (κ2) is 5.15. The van der Waals surface area contributed by atoms with E-state index in [0.29, 0.717) is 0 Å². The molecule has 0 saturated carbocycles. The van der Waals surface area contributed by atoms with Gasteiger partial charge < -0.3 is 0 Å². The standard InChI is InChI=1S/C18H13B/c19-18-12-10-17(11-13-18)16-8-6-15(7-9-16)14-4-2-1-3-5-14/h1-13H. The average molecular weight is 240 g/mol. The summed E-state index contributed by atoms with van der Waals surface area (Å²) in [5.41, 5.74) is 5.67. The molecule has 19 heavy (non-hydrogen) atoms. The fourth-order valence-electron chi connectivity index (χ4n) is 2.16. The highest BCUT2D eigenvalue weighted by Crippen LogP contribution is 2.24. The highest BCUT2D eigenvalue weighted by Gasteiger charge is 1.99. The predicted molar refractivity (Wildman–Crippen MR) is 82.7 cm³/mol. The Balaban J connectivity index is 1.93. The van der Waals surface area contributed by atoms with E-state index in [0.717, 1.165) is 5.46 Å². The lowest BCUT2D eigenvalue weighted by Crippen LogP contribution is -1.99. The van der Waals surface area contributed by atoms with Gasteiger partial charge in [0.25, 0.3) is 0 Å². The molecule has 2 radical (unpaired) electrons. The lowest BCUT2D eigenvalue weighted by atomic mass is 9.93. The van der Waals surface area contributed by atoms with Crippen LogP contribution in [0.2, 0.25) is 0 Å². The summed E-state index contributed by atoms with van der Waals surface area (Å²) >= 11 is 0. The topological polar surface area (TPSA) is 0 Å². The van der Waals surface area contributed by atoms with Gasteiger partial charge in [-0.25, -0.2) is 0 Å². The molecular weight excluding hydrogens is 227 g/mol. The van der Waals surface area contributed by atoms with Gasteiger partial charge in [0.05, 0.1) is 0 Å². The zero-order valence-electron chi connectivity index (χ0n) is 10.6. The third kappa shape index (κ3) is 2.60. The Morgan fingerprint density at radius 2 is 0.789 bits per heavy atom. The van der Waals surface area contributed by atoms with Gasteiger partial charge in [-0.05, 0) is 22.3 Å². The Kier molecular flexibility index (Phi) is 3.20. The zero-order valence-corrected chi connectivity index (χ0v) is 10.6. The summed E-state index contributed by atoms with van der Waals surface area (Å²) in [5, 5.41) is 0. The van der Waals surface area contributed by atoms with Gasteiger partial charge in [0.1, 0.15) is 7.85 Å². The SMILES string of the molecule is [B]c1ccc(-c2ccc(-c3ccccc3)cc2)cc1. The Morgan fingerprint density at radius 3 is 1.26 bits per heavy atom. The van der Waals surface area contributed by atoms with Gasteiger partial charge in [0.15, 0.2) is 0 Å². The molecule has 0 aliphatic rings. The monoisotopic (exact) mass is 240 g/mol. The maximum Gasteiger partial charge on any atom is 0.113 e. The molecule has 0 aliphatic carbocycles. The van der Waals surface area contributed by atoms with E-state index in [4.69, 9.17) is 7.85 Å². The van der Waals surface area contributed by atoms with Gasteiger partial charge in [0, 0.05) is 0 Å². The fraction of sp³-hybridized carbons (Fsp3) is 0. The minimum absolute atomic E-state index is 0.796. The number of hydrogen-bond acceptors (Lipinski definition) is 0. The van der Waals surface area contributed by atoms with Crippen molar-refractivity contribution in [2.24, 2.45) is 0 Å².